The number of cyclic esters (lactones) is 1. The fourth-order valence-corrected chi connectivity index (χ4v) is 1.96. The summed E-state index contributed by atoms with van der Waals surface area (Å²) in [5, 5.41) is 37.0. The Labute approximate surface area is 97.8 Å². The molecule has 1 rings (SSSR count). The molecule has 0 unspecified atom stereocenters. The van der Waals surface area contributed by atoms with Gasteiger partial charge in [-0.15, -0.1) is 0 Å². The molecule has 0 spiro atoms. The fraction of sp³-hybridized carbons (Fsp3) is 0.700. The molecule has 1 aliphatic heterocycles. The minimum Gasteiger partial charge on any atom is -0.499 e. The molecule has 0 fully saturated rings. The molecule has 0 amide bonds. The highest BCUT2D eigenvalue weighted by atomic mass is 17.1. The van der Waals surface area contributed by atoms with E-state index in [4.69, 9.17) is 15.1 Å². The molecule has 0 aliphatic carbocycles. The monoisotopic (exact) mass is 248 g/mol. The summed E-state index contributed by atoms with van der Waals surface area (Å²) in [6.07, 6.45) is -1.54. The van der Waals surface area contributed by atoms with Crippen molar-refractivity contribution in [1.29, 1.82) is 0 Å². The van der Waals surface area contributed by atoms with Gasteiger partial charge in [0.05, 0.1) is 6.61 Å². The zero-order chi connectivity index (χ0) is 13.4. The Morgan fingerprint density at radius 2 is 2.00 bits per heavy atom. The lowest BCUT2D eigenvalue weighted by Crippen LogP contribution is -2.56. The van der Waals surface area contributed by atoms with Crippen molar-refractivity contribution in [2.24, 2.45) is 5.41 Å². The first-order chi connectivity index (χ1) is 7.72. The molecule has 0 aromatic rings. The lowest BCUT2D eigenvalue weighted by Gasteiger charge is -2.42. The number of ether oxygens (including phenoxy) is 1. The van der Waals surface area contributed by atoms with Crippen LogP contribution in [0, 0.1) is 5.41 Å². The SMILES string of the molecule is CC(C)(C)[C@]1([C@@H](O)CO)OC(=O)C(O)=C1OO. The van der Waals surface area contributed by atoms with Crippen LogP contribution in [-0.4, -0.2) is 44.9 Å². The van der Waals surface area contributed by atoms with Crippen molar-refractivity contribution in [3.05, 3.63) is 11.5 Å². The Balaban J connectivity index is 3.42. The van der Waals surface area contributed by atoms with Crippen molar-refractivity contribution in [2.45, 2.75) is 32.5 Å². The largest absolute Gasteiger partial charge is 0.499 e. The first kappa shape index (κ1) is 13.8. The average Bonchev–Trinajstić information content (AvgIpc) is 2.50. The second kappa shape index (κ2) is 4.17. The third-order valence-corrected chi connectivity index (χ3v) is 2.85. The molecule has 0 saturated heterocycles. The highest BCUT2D eigenvalue weighted by Crippen LogP contribution is 2.47. The van der Waals surface area contributed by atoms with Gasteiger partial charge < -0.3 is 24.9 Å². The van der Waals surface area contributed by atoms with Gasteiger partial charge in [0.2, 0.25) is 17.1 Å². The smallest absolute Gasteiger partial charge is 0.378 e. The molecule has 0 aromatic carbocycles. The predicted octanol–water partition coefficient (Wildman–Crippen LogP) is -0.0595. The van der Waals surface area contributed by atoms with Crippen molar-refractivity contribution >= 4 is 5.97 Å². The molecule has 1 aliphatic rings. The molecule has 7 heteroatoms. The van der Waals surface area contributed by atoms with Crippen LogP contribution in [0.15, 0.2) is 11.5 Å². The number of hydrogen-bond acceptors (Lipinski definition) is 7. The molecule has 0 saturated carbocycles. The van der Waals surface area contributed by atoms with E-state index in [-0.39, 0.29) is 0 Å². The molecule has 1 heterocycles. The van der Waals surface area contributed by atoms with Gasteiger partial charge in [0.15, 0.2) is 0 Å². The zero-order valence-electron chi connectivity index (χ0n) is 9.80. The number of esters is 1. The van der Waals surface area contributed by atoms with Crippen LogP contribution in [0.5, 0.6) is 0 Å². The van der Waals surface area contributed by atoms with Crippen LogP contribution in [0.3, 0.4) is 0 Å². The van der Waals surface area contributed by atoms with E-state index < -0.39 is 41.2 Å². The normalized spacial score (nSPS) is 27.1. The molecule has 0 aromatic heterocycles. The summed E-state index contributed by atoms with van der Waals surface area (Å²) < 4.78 is 4.92. The van der Waals surface area contributed by atoms with Gasteiger partial charge in [-0.2, -0.15) is 0 Å². The van der Waals surface area contributed by atoms with Crippen LogP contribution in [-0.2, 0) is 14.4 Å². The van der Waals surface area contributed by atoms with Gasteiger partial charge >= 0.3 is 5.97 Å². The van der Waals surface area contributed by atoms with Gasteiger partial charge in [-0.25, -0.2) is 10.1 Å². The van der Waals surface area contributed by atoms with Gasteiger partial charge in [-0.05, 0) is 0 Å². The van der Waals surface area contributed by atoms with E-state index in [1.165, 1.54) is 0 Å². The van der Waals surface area contributed by atoms with Crippen LogP contribution >= 0.6 is 0 Å². The third-order valence-electron chi connectivity index (χ3n) is 2.85. The number of aliphatic hydroxyl groups excluding tert-OH is 3. The number of carbonyl (C=O) groups is 1. The summed E-state index contributed by atoms with van der Waals surface area (Å²) >= 11 is 0. The standard InChI is InChI=1S/C10H16O7/c1-9(2,3)10(5(12)4-11)7(17-15)6(13)8(14)16-10/h5,11-13,15H,4H2,1-3H3/t5-,10+/m0/s1. The summed E-state index contributed by atoms with van der Waals surface area (Å²) in [5.41, 5.74) is -2.76. The van der Waals surface area contributed by atoms with Gasteiger partial charge in [0.25, 0.3) is 0 Å². The van der Waals surface area contributed by atoms with E-state index in [0.717, 1.165) is 0 Å². The molecule has 17 heavy (non-hydrogen) atoms. The highest BCUT2D eigenvalue weighted by molar-refractivity contribution is 5.90. The summed E-state index contributed by atoms with van der Waals surface area (Å²) in [5.74, 6) is -2.65. The molecular formula is C10H16O7. The Morgan fingerprint density at radius 3 is 2.35 bits per heavy atom. The maximum absolute atomic E-state index is 11.3. The average molecular weight is 248 g/mol. The molecule has 2 atom stereocenters. The van der Waals surface area contributed by atoms with E-state index in [0.29, 0.717) is 0 Å². The summed E-state index contributed by atoms with van der Waals surface area (Å²) in [7, 11) is 0. The minimum atomic E-state index is -1.84. The topological polar surface area (TPSA) is 116 Å². The Hall–Kier alpha value is -1.31. The zero-order valence-corrected chi connectivity index (χ0v) is 9.80. The van der Waals surface area contributed by atoms with Crippen molar-refractivity contribution in [3.63, 3.8) is 0 Å². The lowest BCUT2D eigenvalue weighted by molar-refractivity contribution is -0.255. The molecule has 0 bridgehead atoms. The predicted molar refractivity (Wildman–Crippen MR) is 54.7 cm³/mol. The van der Waals surface area contributed by atoms with Crippen LogP contribution in [0.4, 0.5) is 0 Å². The third kappa shape index (κ3) is 1.76. The highest BCUT2D eigenvalue weighted by Gasteiger charge is 2.62. The van der Waals surface area contributed by atoms with E-state index in [9.17, 15) is 15.0 Å². The van der Waals surface area contributed by atoms with Crippen molar-refractivity contribution in [2.75, 3.05) is 6.61 Å². The van der Waals surface area contributed by atoms with Gasteiger partial charge in [-0.3, -0.25) is 0 Å². The van der Waals surface area contributed by atoms with E-state index in [1.807, 2.05) is 0 Å². The van der Waals surface area contributed by atoms with E-state index >= 15 is 0 Å². The van der Waals surface area contributed by atoms with Crippen molar-refractivity contribution in [1.82, 2.24) is 0 Å². The van der Waals surface area contributed by atoms with Crippen LogP contribution in [0.25, 0.3) is 0 Å². The molecule has 4 N–H and O–H groups in total. The summed E-state index contributed by atoms with van der Waals surface area (Å²) in [6, 6.07) is 0. The van der Waals surface area contributed by atoms with Crippen LogP contribution in [0.1, 0.15) is 20.8 Å². The maximum Gasteiger partial charge on any atom is 0.378 e. The molecule has 7 nitrogen and oxygen atoms in total. The second-order valence-corrected chi connectivity index (χ2v) is 4.84. The second-order valence-electron chi connectivity index (χ2n) is 4.84. The number of aliphatic hydroxyl groups is 3. The van der Waals surface area contributed by atoms with Crippen molar-refractivity contribution < 1.29 is 35.0 Å². The Morgan fingerprint density at radius 1 is 1.47 bits per heavy atom. The quantitative estimate of drug-likeness (QED) is 0.314. The fourth-order valence-electron chi connectivity index (χ4n) is 1.96. The number of hydrogen-bond donors (Lipinski definition) is 4. The van der Waals surface area contributed by atoms with Gasteiger partial charge in [-0.1, -0.05) is 20.8 Å². The maximum atomic E-state index is 11.3. The van der Waals surface area contributed by atoms with E-state index in [1.54, 1.807) is 20.8 Å². The summed E-state index contributed by atoms with van der Waals surface area (Å²) in [4.78, 5) is 15.3. The summed E-state index contributed by atoms with van der Waals surface area (Å²) in [6.45, 7) is 4.05. The Bertz CT molecular complexity index is 354. The van der Waals surface area contributed by atoms with Crippen molar-refractivity contribution in [3.8, 4) is 0 Å². The molecule has 98 valence electrons. The van der Waals surface area contributed by atoms with Gasteiger partial charge in [0, 0.05) is 5.41 Å². The first-order valence-corrected chi connectivity index (χ1v) is 4.99. The van der Waals surface area contributed by atoms with E-state index in [2.05, 4.69) is 4.89 Å². The van der Waals surface area contributed by atoms with Crippen LogP contribution < -0.4 is 0 Å². The Kier molecular flexibility index (Phi) is 3.37. The minimum absolute atomic E-state index is 0.600. The molecule has 0 radical (unpaired) electrons. The van der Waals surface area contributed by atoms with Gasteiger partial charge in [0.1, 0.15) is 6.10 Å². The number of carbonyl (C=O) groups excluding carboxylic acids is 1. The first-order valence-electron chi connectivity index (χ1n) is 4.99. The lowest BCUT2D eigenvalue weighted by atomic mass is 9.72. The molecular weight excluding hydrogens is 232 g/mol. The van der Waals surface area contributed by atoms with Crippen LogP contribution in [0.2, 0.25) is 0 Å². The number of rotatable bonds is 3.